The number of carboxylic acid groups (broad SMARTS) is 1. The fraction of sp³-hybridized carbons (Fsp3) is 0.0870. The lowest BCUT2D eigenvalue weighted by atomic mass is 10.0. The minimum Gasteiger partial charge on any atom is -0.478 e. The summed E-state index contributed by atoms with van der Waals surface area (Å²) in [6.07, 6.45) is 1.37. The zero-order valence-electron chi connectivity index (χ0n) is 15.9. The van der Waals surface area contributed by atoms with Crippen LogP contribution < -0.4 is 5.32 Å². The molecule has 0 bridgehead atoms. The first-order chi connectivity index (χ1) is 13.9. The number of anilines is 1. The third kappa shape index (κ3) is 4.60. The quantitative estimate of drug-likeness (QED) is 0.484. The number of benzene rings is 2. The molecular weight excluding hydrogens is 368 g/mol. The van der Waals surface area contributed by atoms with Crippen LogP contribution in [0.5, 0.6) is 0 Å². The standard InChI is InChI=1S/C23H18N2O4/c1-14-4-3-5-18(10-14)25-22(26)17(13-24)12-19-7-9-21(29-19)20-8-6-16(23(27)28)11-15(20)2/h3-12H,1-2H3,(H,25,26)(H,27,28)/b17-12-. The minimum absolute atomic E-state index is 0.0923. The van der Waals surface area contributed by atoms with Crippen molar-refractivity contribution in [2.75, 3.05) is 5.32 Å². The van der Waals surface area contributed by atoms with Crippen molar-refractivity contribution in [3.05, 3.63) is 82.6 Å². The van der Waals surface area contributed by atoms with E-state index in [1.165, 1.54) is 12.1 Å². The number of nitriles is 1. The number of furan rings is 1. The van der Waals surface area contributed by atoms with Crippen molar-refractivity contribution in [3.8, 4) is 17.4 Å². The van der Waals surface area contributed by atoms with Crippen LogP contribution in [0.1, 0.15) is 27.2 Å². The lowest BCUT2D eigenvalue weighted by Gasteiger charge is -2.05. The number of hydrogen-bond acceptors (Lipinski definition) is 4. The predicted octanol–water partition coefficient (Wildman–Crippen LogP) is 4.81. The van der Waals surface area contributed by atoms with Gasteiger partial charge in [0.1, 0.15) is 23.2 Å². The van der Waals surface area contributed by atoms with E-state index in [1.807, 2.05) is 25.1 Å². The molecule has 3 aromatic rings. The van der Waals surface area contributed by atoms with Gasteiger partial charge in [0.2, 0.25) is 0 Å². The molecule has 0 aliphatic heterocycles. The molecular formula is C23H18N2O4. The first-order valence-electron chi connectivity index (χ1n) is 8.81. The Labute approximate surface area is 167 Å². The summed E-state index contributed by atoms with van der Waals surface area (Å²) in [5, 5.41) is 21.1. The number of rotatable bonds is 5. The van der Waals surface area contributed by atoms with Crippen LogP contribution in [-0.2, 0) is 4.79 Å². The van der Waals surface area contributed by atoms with E-state index < -0.39 is 11.9 Å². The molecule has 1 aromatic heterocycles. The zero-order chi connectivity index (χ0) is 21.0. The highest BCUT2D eigenvalue weighted by Crippen LogP contribution is 2.27. The molecule has 1 amide bonds. The van der Waals surface area contributed by atoms with Crippen LogP contribution in [0.25, 0.3) is 17.4 Å². The fourth-order valence-electron chi connectivity index (χ4n) is 2.86. The minimum atomic E-state index is -0.999. The number of aromatic carboxylic acids is 1. The van der Waals surface area contributed by atoms with Gasteiger partial charge in [-0.25, -0.2) is 4.79 Å². The van der Waals surface area contributed by atoms with Gasteiger partial charge >= 0.3 is 5.97 Å². The van der Waals surface area contributed by atoms with Gasteiger partial charge in [-0.05, 0) is 61.4 Å². The summed E-state index contributed by atoms with van der Waals surface area (Å²) in [6.45, 7) is 3.70. The topological polar surface area (TPSA) is 103 Å². The summed E-state index contributed by atoms with van der Waals surface area (Å²) in [5.74, 6) is -0.668. The lowest BCUT2D eigenvalue weighted by molar-refractivity contribution is -0.112. The Morgan fingerprint density at radius 1 is 1.10 bits per heavy atom. The van der Waals surface area contributed by atoms with E-state index >= 15 is 0 Å². The first-order valence-corrected chi connectivity index (χ1v) is 8.81. The van der Waals surface area contributed by atoms with Crippen molar-refractivity contribution in [2.24, 2.45) is 0 Å². The summed E-state index contributed by atoms with van der Waals surface area (Å²) >= 11 is 0. The summed E-state index contributed by atoms with van der Waals surface area (Å²) in [4.78, 5) is 23.5. The number of nitrogens with zero attached hydrogens (tertiary/aromatic N) is 1. The Bertz CT molecular complexity index is 1170. The van der Waals surface area contributed by atoms with Gasteiger partial charge in [0, 0.05) is 17.3 Å². The molecule has 3 rings (SSSR count). The maximum atomic E-state index is 12.4. The maximum absolute atomic E-state index is 12.4. The summed E-state index contributed by atoms with van der Waals surface area (Å²) in [7, 11) is 0. The Morgan fingerprint density at radius 3 is 2.55 bits per heavy atom. The molecule has 0 atom stereocenters. The molecule has 2 aromatic carbocycles. The normalized spacial score (nSPS) is 11.0. The molecule has 29 heavy (non-hydrogen) atoms. The summed E-state index contributed by atoms with van der Waals surface area (Å²) < 4.78 is 5.75. The van der Waals surface area contributed by atoms with Gasteiger partial charge in [-0.2, -0.15) is 5.26 Å². The monoisotopic (exact) mass is 386 g/mol. The van der Waals surface area contributed by atoms with Gasteiger partial charge < -0.3 is 14.8 Å². The van der Waals surface area contributed by atoms with Gasteiger partial charge in [-0.15, -0.1) is 0 Å². The van der Waals surface area contributed by atoms with E-state index in [0.29, 0.717) is 17.2 Å². The molecule has 0 saturated heterocycles. The van der Waals surface area contributed by atoms with E-state index in [-0.39, 0.29) is 11.1 Å². The van der Waals surface area contributed by atoms with E-state index in [9.17, 15) is 14.9 Å². The second kappa shape index (κ2) is 8.28. The maximum Gasteiger partial charge on any atom is 0.335 e. The largest absolute Gasteiger partial charge is 0.478 e. The van der Waals surface area contributed by atoms with Crippen molar-refractivity contribution < 1.29 is 19.1 Å². The number of hydrogen-bond donors (Lipinski definition) is 2. The molecule has 0 aliphatic rings. The third-order valence-corrected chi connectivity index (χ3v) is 4.29. The molecule has 1 heterocycles. The Kier molecular flexibility index (Phi) is 5.61. The molecule has 0 spiro atoms. The van der Waals surface area contributed by atoms with Crippen molar-refractivity contribution >= 4 is 23.6 Å². The van der Waals surface area contributed by atoms with Gasteiger partial charge in [0.25, 0.3) is 5.91 Å². The molecule has 2 N–H and O–H groups in total. The van der Waals surface area contributed by atoms with Crippen LogP contribution in [0.3, 0.4) is 0 Å². The summed E-state index contributed by atoms with van der Waals surface area (Å²) in [5.41, 5.74) is 3.17. The van der Waals surface area contributed by atoms with Crippen molar-refractivity contribution in [1.29, 1.82) is 5.26 Å². The SMILES string of the molecule is Cc1cccc(NC(=O)/C(C#N)=C\c2ccc(-c3ccc(C(=O)O)cc3C)o2)c1. The molecule has 0 radical (unpaired) electrons. The Balaban J connectivity index is 1.83. The highest BCUT2D eigenvalue weighted by atomic mass is 16.4. The van der Waals surface area contributed by atoms with E-state index in [4.69, 9.17) is 9.52 Å². The highest BCUT2D eigenvalue weighted by Gasteiger charge is 2.13. The number of aryl methyl sites for hydroxylation is 2. The Morgan fingerprint density at radius 2 is 1.90 bits per heavy atom. The third-order valence-electron chi connectivity index (χ3n) is 4.29. The van der Waals surface area contributed by atoms with Gasteiger partial charge in [0.15, 0.2) is 0 Å². The lowest BCUT2D eigenvalue weighted by Crippen LogP contribution is -2.13. The summed E-state index contributed by atoms with van der Waals surface area (Å²) in [6, 6.07) is 17.3. The molecule has 0 unspecified atom stereocenters. The van der Waals surface area contributed by atoms with Gasteiger partial charge in [-0.1, -0.05) is 18.2 Å². The number of nitrogens with one attached hydrogen (secondary N) is 1. The van der Waals surface area contributed by atoms with E-state index in [0.717, 1.165) is 16.7 Å². The second-order valence-corrected chi connectivity index (χ2v) is 6.53. The number of carbonyl (C=O) groups excluding carboxylic acids is 1. The Hall–Kier alpha value is -4.11. The van der Waals surface area contributed by atoms with E-state index in [1.54, 1.807) is 43.3 Å². The van der Waals surface area contributed by atoms with Gasteiger partial charge in [0.05, 0.1) is 5.56 Å². The van der Waals surface area contributed by atoms with Crippen LogP contribution in [-0.4, -0.2) is 17.0 Å². The highest BCUT2D eigenvalue weighted by molar-refractivity contribution is 6.09. The first kappa shape index (κ1) is 19.6. The number of carboxylic acids is 1. The van der Waals surface area contributed by atoms with Crippen LogP contribution in [0.2, 0.25) is 0 Å². The van der Waals surface area contributed by atoms with Crippen LogP contribution >= 0.6 is 0 Å². The van der Waals surface area contributed by atoms with Crippen molar-refractivity contribution in [2.45, 2.75) is 13.8 Å². The predicted molar refractivity (Wildman–Crippen MR) is 109 cm³/mol. The number of amides is 1. The van der Waals surface area contributed by atoms with Crippen molar-refractivity contribution in [1.82, 2.24) is 0 Å². The molecule has 144 valence electrons. The molecule has 0 fully saturated rings. The fourth-order valence-corrected chi connectivity index (χ4v) is 2.86. The number of carbonyl (C=O) groups is 2. The molecule has 0 saturated carbocycles. The average Bonchev–Trinajstić information content (AvgIpc) is 3.14. The second-order valence-electron chi connectivity index (χ2n) is 6.53. The smallest absolute Gasteiger partial charge is 0.335 e. The van der Waals surface area contributed by atoms with E-state index in [2.05, 4.69) is 5.32 Å². The van der Waals surface area contributed by atoms with Gasteiger partial charge in [-0.3, -0.25) is 4.79 Å². The van der Waals surface area contributed by atoms with Crippen LogP contribution in [0, 0.1) is 25.2 Å². The zero-order valence-corrected chi connectivity index (χ0v) is 15.9. The molecule has 6 nitrogen and oxygen atoms in total. The molecule has 0 aliphatic carbocycles. The van der Waals surface area contributed by atoms with Crippen LogP contribution in [0.15, 0.2) is 64.6 Å². The molecule has 6 heteroatoms. The van der Waals surface area contributed by atoms with Crippen molar-refractivity contribution in [3.63, 3.8) is 0 Å². The van der Waals surface area contributed by atoms with Crippen LogP contribution in [0.4, 0.5) is 5.69 Å². The average molecular weight is 386 g/mol.